The van der Waals surface area contributed by atoms with E-state index >= 15 is 0 Å². The zero-order valence-corrected chi connectivity index (χ0v) is 19.2. The normalized spacial score (nSPS) is 18.1. The fourth-order valence-corrected chi connectivity index (χ4v) is 4.92. The van der Waals surface area contributed by atoms with E-state index in [0.717, 1.165) is 22.6 Å². The molecule has 0 radical (unpaired) electrons. The van der Waals surface area contributed by atoms with E-state index in [4.69, 9.17) is 35.4 Å². The van der Waals surface area contributed by atoms with Crippen molar-refractivity contribution in [1.29, 1.82) is 0 Å². The van der Waals surface area contributed by atoms with Gasteiger partial charge in [0.1, 0.15) is 0 Å². The van der Waals surface area contributed by atoms with Gasteiger partial charge in [-0.1, -0.05) is 35.3 Å². The van der Waals surface area contributed by atoms with E-state index < -0.39 is 0 Å². The van der Waals surface area contributed by atoms with E-state index in [0.29, 0.717) is 21.7 Å². The van der Waals surface area contributed by atoms with Crippen molar-refractivity contribution < 1.29 is 0 Å². The summed E-state index contributed by atoms with van der Waals surface area (Å²) in [5.41, 5.74) is 3.89. The Labute approximate surface area is 201 Å². The number of halogens is 2. The molecule has 1 saturated heterocycles. The number of hydrogen-bond acceptors (Lipinski definition) is 3. The number of aromatic nitrogens is 3. The van der Waals surface area contributed by atoms with Crippen molar-refractivity contribution in [2.75, 3.05) is 0 Å². The molecule has 1 aliphatic rings. The summed E-state index contributed by atoms with van der Waals surface area (Å²) < 4.78 is 2.09. The van der Waals surface area contributed by atoms with Crippen molar-refractivity contribution in [3.8, 4) is 5.69 Å². The van der Waals surface area contributed by atoms with Gasteiger partial charge in [-0.25, -0.2) is 0 Å². The van der Waals surface area contributed by atoms with Gasteiger partial charge in [0, 0.05) is 42.0 Å². The molecule has 1 aromatic carbocycles. The molecule has 5 nitrogen and oxygen atoms in total. The molecule has 0 amide bonds. The molecule has 4 aromatic rings. The summed E-state index contributed by atoms with van der Waals surface area (Å²) in [6, 6.07) is 19.3. The molecule has 3 aromatic heterocycles. The van der Waals surface area contributed by atoms with Crippen LogP contribution in [-0.4, -0.2) is 24.5 Å². The predicted molar refractivity (Wildman–Crippen MR) is 131 cm³/mol. The van der Waals surface area contributed by atoms with Crippen LogP contribution in [0, 0.1) is 0 Å². The second kappa shape index (κ2) is 8.90. The molecular weight excluding hydrogens is 461 g/mol. The van der Waals surface area contributed by atoms with Crippen LogP contribution in [0.1, 0.15) is 29.0 Å². The summed E-state index contributed by atoms with van der Waals surface area (Å²) in [4.78, 5) is 11.1. The molecule has 1 N–H and O–H groups in total. The van der Waals surface area contributed by atoms with E-state index in [-0.39, 0.29) is 12.1 Å². The minimum Gasteiger partial charge on any atom is -0.352 e. The summed E-state index contributed by atoms with van der Waals surface area (Å²) in [7, 11) is 0. The Kier molecular flexibility index (Phi) is 5.83. The minimum absolute atomic E-state index is 0.112. The monoisotopic (exact) mass is 479 g/mol. The second-order valence-electron chi connectivity index (χ2n) is 7.51. The fourth-order valence-electron chi connectivity index (χ4n) is 4.12. The van der Waals surface area contributed by atoms with Gasteiger partial charge in [0.15, 0.2) is 5.11 Å². The van der Waals surface area contributed by atoms with Gasteiger partial charge >= 0.3 is 0 Å². The van der Waals surface area contributed by atoms with Gasteiger partial charge in [-0.2, -0.15) is 0 Å². The maximum absolute atomic E-state index is 6.57. The number of hydrogen-bond donors (Lipinski definition) is 1. The molecule has 160 valence electrons. The van der Waals surface area contributed by atoms with Crippen molar-refractivity contribution >= 4 is 40.5 Å². The number of thiocarbonyl (C=S) groups is 1. The Bertz CT molecular complexity index is 1250. The lowest BCUT2D eigenvalue weighted by Gasteiger charge is -2.29. The fraction of sp³-hybridized carbons (Fsp3) is 0.125. The first-order valence-electron chi connectivity index (χ1n) is 10.1. The van der Waals surface area contributed by atoms with Crippen LogP contribution in [0.2, 0.25) is 10.0 Å². The first-order valence-corrected chi connectivity index (χ1v) is 11.3. The van der Waals surface area contributed by atoms with Crippen LogP contribution in [0.3, 0.4) is 0 Å². The second-order valence-corrected chi connectivity index (χ2v) is 8.74. The van der Waals surface area contributed by atoms with E-state index in [2.05, 4.69) is 36.9 Å². The lowest BCUT2D eigenvalue weighted by Crippen LogP contribution is -2.30. The highest BCUT2D eigenvalue weighted by Crippen LogP contribution is 2.41. The summed E-state index contributed by atoms with van der Waals surface area (Å²) in [5, 5.41) is 5.34. The smallest absolute Gasteiger partial charge is 0.170 e. The highest BCUT2D eigenvalue weighted by molar-refractivity contribution is 7.80. The number of pyridine rings is 2. The number of nitrogens with one attached hydrogen (secondary N) is 1. The van der Waals surface area contributed by atoms with Crippen LogP contribution >= 0.6 is 35.4 Å². The summed E-state index contributed by atoms with van der Waals surface area (Å²) in [6.45, 7) is 0.618. The third kappa shape index (κ3) is 3.97. The van der Waals surface area contributed by atoms with Crippen LogP contribution in [-0.2, 0) is 6.54 Å². The first kappa shape index (κ1) is 20.9. The van der Waals surface area contributed by atoms with Gasteiger partial charge in [0.05, 0.1) is 28.5 Å². The summed E-state index contributed by atoms with van der Waals surface area (Å²) in [5.74, 6) is 0. The molecule has 1 fully saturated rings. The van der Waals surface area contributed by atoms with E-state index in [1.807, 2.05) is 54.9 Å². The Hall–Kier alpha value is -2.93. The van der Waals surface area contributed by atoms with Gasteiger partial charge < -0.3 is 14.8 Å². The van der Waals surface area contributed by atoms with Crippen LogP contribution < -0.4 is 5.32 Å². The van der Waals surface area contributed by atoms with Crippen LogP contribution in [0.25, 0.3) is 5.69 Å². The van der Waals surface area contributed by atoms with Gasteiger partial charge in [-0.05, 0) is 66.3 Å². The molecule has 0 bridgehead atoms. The van der Waals surface area contributed by atoms with Crippen molar-refractivity contribution in [3.05, 3.63) is 112 Å². The largest absolute Gasteiger partial charge is 0.352 e. The molecule has 0 unspecified atom stereocenters. The first-order chi connectivity index (χ1) is 15.6. The topological polar surface area (TPSA) is 46.0 Å². The summed E-state index contributed by atoms with van der Waals surface area (Å²) >= 11 is 18.5. The lowest BCUT2D eigenvalue weighted by molar-refractivity contribution is 0.302. The predicted octanol–water partition coefficient (Wildman–Crippen LogP) is 5.75. The van der Waals surface area contributed by atoms with Gasteiger partial charge in [-0.15, -0.1) is 0 Å². The maximum Gasteiger partial charge on any atom is 0.170 e. The SMILES string of the molecule is S=C1N[C@H](c2ccccn2)[C@@H](c2cccn2-c2ccc(Cl)cc2Cl)N1Cc1cccnc1. The molecular formula is C24H19Cl2N5S. The molecule has 5 rings (SSSR count). The molecule has 0 spiro atoms. The standard InChI is InChI=1S/C24H19Cl2N5S/c25-17-8-9-20(18(26)13-17)30-12-4-7-21(30)23-22(19-6-1-2-11-28-19)29-24(32)31(23)15-16-5-3-10-27-14-16/h1-14,22-23H,15H2,(H,29,32)/t22-,23-/m1/s1. The average molecular weight is 480 g/mol. The van der Waals surface area contributed by atoms with Crippen molar-refractivity contribution in [2.24, 2.45) is 0 Å². The Morgan fingerprint density at radius 2 is 1.91 bits per heavy atom. The van der Waals surface area contributed by atoms with Crippen molar-refractivity contribution in [1.82, 2.24) is 24.8 Å². The number of benzene rings is 1. The third-order valence-corrected chi connectivity index (χ3v) is 6.42. The van der Waals surface area contributed by atoms with Crippen LogP contribution in [0.5, 0.6) is 0 Å². The zero-order chi connectivity index (χ0) is 22.1. The molecule has 4 heterocycles. The van der Waals surface area contributed by atoms with Crippen molar-refractivity contribution in [2.45, 2.75) is 18.6 Å². The van der Waals surface area contributed by atoms with Crippen molar-refractivity contribution in [3.63, 3.8) is 0 Å². The molecule has 1 aliphatic heterocycles. The highest BCUT2D eigenvalue weighted by atomic mass is 35.5. The van der Waals surface area contributed by atoms with E-state index in [1.54, 1.807) is 18.5 Å². The molecule has 2 atom stereocenters. The Morgan fingerprint density at radius 1 is 1.00 bits per heavy atom. The molecule has 8 heteroatoms. The van der Waals surface area contributed by atoms with E-state index in [1.165, 1.54) is 0 Å². The van der Waals surface area contributed by atoms with Crippen LogP contribution in [0.15, 0.2) is 85.5 Å². The minimum atomic E-state index is -0.125. The third-order valence-electron chi connectivity index (χ3n) is 5.53. The van der Waals surface area contributed by atoms with Gasteiger partial charge in [0.2, 0.25) is 0 Å². The Morgan fingerprint density at radius 3 is 2.66 bits per heavy atom. The number of nitrogens with zero attached hydrogens (tertiary/aromatic N) is 4. The number of rotatable bonds is 5. The average Bonchev–Trinajstić information content (AvgIpc) is 3.40. The molecule has 0 saturated carbocycles. The lowest BCUT2D eigenvalue weighted by atomic mass is 10.0. The Balaban J connectivity index is 1.62. The van der Waals surface area contributed by atoms with Gasteiger partial charge in [-0.3, -0.25) is 9.97 Å². The maximum atomic E-state index is 6.57. The molecule has 0 aliphatic carbocycles. The van der Waals surface area contributed by atoms with Crippen LogP contribution in [0.4, 0.5) is 0 Å². The quantitative estimate of drug-likeness (QED) is 0.369. The van der Waals surface area contributed by atoms with E-state index in [9.17, 15) is 0 Å². The highest BCUT2D eigenvalue weighted by Gasteiger charge is 2.41. The summed E-state index contributed by atoms with van der Waals surface area (Å²) in [6.07, 6.45) is 7.44. The van der Waals surface area contributed by atoms with Gasteiger partial charge in [0.25, 0.3) is 0 Å². The molecule has 32 heavy (non-hydrogen) atoms. The zero-order valence-electron chi connectivity index (χ0n) is 16.9.